The van der Waals surface area contributed by atoms with Crippen molar-refractivity contribution >= 4 is 10.0 Å². The maximum absolute atomic E-state index is 12.0. The third-order valence-electron chi connectivity index (χ3n) is 3.43. The standard InChI is InChI=1S/C13H20N2O2S/c1-2-15-9-8-12(11-15)10-14-18(16,17)13-6-4-3-5-7-13/h3-7,12,14H,2,8-11H2,1H3. The van der Waals surface area contributed by atoms with Gasteiger partial charge in [-0.2, -0.15) is 0 Å². The van der Waals surface area contributed by atoms with E-state index < -0.39 is 10.0 Å². The molecule has 1 aromatic carbocycles. The molecule has 0 bridgehead atoms. The molecule has 1 saturated heterocycles. The van der Waals surface area contributed by atoms with E-state index in [-0.39, 0.29) is 0 Å². The highest BCUT2D eigenvalue weighted by molar-refractivity contribution is 7.89. The van der Waals surface area contributed by atoms with E-state index in [1.165, 1.54) is 0 Å². The first-order chi connectivity index (χ1) is 8.62. The van der Waals surface area contributed by atoms with Gasteiger partial charge in [-0.15, -0.1) is 0 Å². The number of nitrogens with zero attached hydrogens (tertiary/aromatic N) is 1. The number of hydrogen-bond acceptors (Lipinski definition) is 3. The van der Waals surface area contributed by atoms with Gasteiger partial charge in [0.2, 0.25) is 10.0 Å². The minimum absolute atomic E-state index is 0.343. The quantitative estimate of drug-likeness (QED) is 0.876. The molecule has 4 nitrogen and oxygen atoms in total. The summed E-state index contributed by atoms with van der Waals surface area (Å²) in [5, 5.41) is 0. The molecule has 18 heavy (non-hydrogen) atoms. The molecule has 1 unspecified atom stereocenters. The Hall–Kier alpha value is -0.910. The molecular formula is C13H20N2O2S. The van der Waals surface area contributed by atoms with Gasteiger partial charge in [-0.3, -0.25) is 0 Å². The van der Waals surface area contributed by atoms with Gasteiger partial charge in [0.25, 0.3) is 0 Å². The average molecular weight is 268 g/mol. The first-order valence-corrected chi connectivity index (χ1v) is 7.87. The van der Waals surface area contributed by atoms with Crippen LogP contribution in [0.3, 0.4) is 0 Å². The molecule has 1 N–H and O–H groups in total. The van der Waals surface area contributed by atoms with Crippen molar-refractivity contribution in [3.8, 4) is 0 Å². The van der Waals surface area contributed by atoms with E-state index >= 15 is 0 Å². The van der Waals surface area contributed by atoms with Crippen LogP contribution in [0.15, 0.2) is 35.2 Å². The van der Waals surface area contributed by atoms with Crippen molar-refractivity contribution in [2.24, 2.45) is 5.92 Å². The predicted molar refractivity (Wildman–Crippen MR) is 71.9 cm³/mol. The summed E-state index contributed by atoms with van der Waals surface area (Å²) in [5.41, 5.74) is 0. The summed E-state index contributed by atoms with van der Waals surface area (Å²) in [4.78, 5) is 2.69. The van der Waals surface area contributed by atoms with Crippen LogP contribution in [0.5, 0.6) is 0 Å². The first-order valence-electron chi connectivity index (χ1n) is 6.39. The molecule has 1 heterocycles. The van der Waals surface area contributed by atoms with Crippen LogP contribution in [0.4, 0.5) is 0 Å². The van der Waals surface area contributed by atoms with Gasteiger partial charge in [0.1, 0.15) is 0 Å². The Morgan fingerprint density at radius 1 is 1.33 bits per heavy atom. The Balaban J connectivity index is 1.91. The van der Waals surface area contributed by atoms with E-state index in [2.05, 4.69) is 16.5 Å². The highest BCUT2D eigenvalue weighted by Gasteiger charge is 2.23. The van der Waals surface area contributed by atoms with Crippen molar-refractivity contribution in [3.63, 3.8) is 0 Å². The van der Waals surface area contributed by atoms with Crippen LogP contribution in [-0.2, 0) is 10.0 Å². The van der Waals surface area contributed by atoms with Crippen molar-refractivity contribution in [2.75, 3.05) is 26.2 Å². The third kappa shape index (κ3) is 3.31. The summed E-state index contributed by atoms with van der Waals surface area (Å²) in [5.74, 6) is 0.434. The smallest absolute Gasteiger partial charge is 0.240 e. The highest BCUT2D eigenvalue weighted by atomic mass is 32.2. The Morgan fingerprint density at radius 2 is 2.06 bits per heavy atom. The van der Waals surface area contributed by atoms with Crippen molar-refractivity contribution in [1.82, 2.24) is 9.62 Å². The van der Waals surface area contributed by atoms with E-state index in [1.807, 2.05) is 6.07 Å². The Kier molecular flexibility index (Phi) is 4.37. The lowest BCUT2D eigenvalue weighted by Crippen LogP contribution is -2.31. The third-order valence-corrected chi connectivity index (χ3v) is 4.87. The van der Waals surface area contributed by atoms with Gasteiger partial charge in [0.05, 0.1) is 4.90 Å². The topological polar surface area (TPSA) is 49.4 Å². The number of benzene rings is 1. The SMILES string of the molecule is CCN1CCC(CNS(=O)(=O)c2ccccc2)C1. The molecular weight excluding hydrogens is 248 g/mol. The normalized spacial score (nSPS) is 21.3. The molecule has 1 aromatic rings. The fraction of sp³-hybridized carbons (Fsp3) is 0.538. The van der Waals surface area contributed by atoms with Crippen LogP contribution in [0, 0.1) is 5.92 Å². The monoisotopic (exact) mass is 268 g/mol. The Bertz CT molecular complexity index is 473. The largest absolute Gasteiger partial charge is 0.303 e. The molecule has 0 spiro atoms. The first kappa shape index (κ1) is 13.5. The summed E-state index contributed by atoms with van der Waals surface area (Å²) >= 11 is 0. The summed E-state index contributed by atoms with van der Waals surface area (Å²) in [6.45, 7) is 5.79. The lowest BCUT2D eigenvalue weighted by molar-refractivity contribution is 0.342. The van der Waals surface area contributed by atoms with E-state index in [0.29, 0.717) is 17.4 Å². The minimum atomic E-state index is -3.34. The Labute approximate surface area is 109 Å². The zero-order chi connectivity index (χ0) is 13.0. The number of hydrogen-bond donors (Lipinski definition) is 1. The van der Waals surface area contributed by atoms with Crippen LogP contribution < -0.4 is 4.72 Å². The molecule has 5 heteroatoms. The van der Waals surface area contributed by atoms with Crippen LogP contribution >= 0.6 is 0 Å². The lowest BCUT2D eigenvalue weighted by Gasteiger charge is -2.14. The maximum Gasteiger partial charge on any atom is 0.240 e. The van der Waals surface area contributed by atoms with E-state index in [4.69, 9.17) is 0 Å². The predicted octanol–water partition coefficient (Wildman–Crippen LogP) is 1.31. The van der Waals surface area contributed by atoms with E-state index in [0.717, 1.165) is 26.1 Å². The van der Waals surface area contributed by atoms with Gasteiger partial charge in [0, 0.05) is 13.1 Å². The van der Waals surface area contributed by atoms with Gasteiger partial charge in [-0.05, 0) is 37.6 Å². The molecule has 1 fully saturated rings. The fourth-order valence-electron chi connectivity index (χ4n) is 2.28. The Morgan fingerprint density at radius 3 is 2.67 bits per heavy atom. The maximum atomic E-state index is 12.0. The molecule has 1 atom stereocenters. The molecule has 0 aliphatic carbocycles. The van der Waals surface area contributed by atoms with Crippen molar-refractivity contribution < 1.29 is 8.42 Å². The van der Waals surface area contributed by atoms with Crippen molar-refractivity contribution in [2.45, 2.75) is 18.2 Å². The minimum Gasteiger partial charge on any atom is -0.303 e. The number of rotatable bonds is 5. The highest BCUT2D eigenvalue weighted by Crippen LogP contribution is 2.16. The molecule has 0 saturated carbocycles. The van der Waals surface area contributed by atoms with Crippen molar-refractivity contribution in [1.29, 1.82) is 0 Å². The molecule has 0 aromatic heterocycles. The summed E-state index contributed by atoms with van der Waals surface area (Å²) < 4.78 is 26.7. The molecule has 0 radical (unpaired) electrons. The molecule has 1 aliphatic heterocycles. The second kappa shape index (κ2) is 5.82. The molecule has 2 rings (SSSR count). The zero-order valence-corrected chi connectivity index (χ0v) is 11.5. The van der Waals surface area contributed by atoms with Gasteiger partial charge < -0.3 is 4.90 Å². The van der Waals surface area contributed by atoms with E-state index in [1.54, 1.807) is 24.3 Å². The van der Waals surface area contributed by atoms with Gasteiger partial charge in [0.15, 0.2) is 0 Å². The van der Waals surface area contributed by atoms with Crippen LogP contribution in [-0.4, -0.2) is 39.5 Å². The zero-order valence-electron chi connectivity index (χ0n) is 10.7. The number of likely N-dealkylation sites (tertiary alicyclic amines) is 1. The van der Waals surface area contributed by atoms with Gasteiger partial charge >= 0.3 is 0 Å². The summed E-state index contributed by atoms with van der Waals surface area (Å²) in [7, 11) is -3.34. The summed E-state index contributed by atoms with van der Waals surface area (Å²) in [6, 6.07) is 8.53. The summed E-state index contributed by atoms with van der Waals surface area (Å²) in [6.07, 6.45) is 1.07. The van der Waals surface area contributed by atoms with Crippen LogP contribution in [0.25, 0.3) is 0 Å². The number of sulfonamides is 1. The van der Waals surface area contributed by atoms with Crippen LogP contribution in [0.1, 0.15) is 13.3 Å². The lowest BCUT2D eigenvalue weighted by atomic mass is 10.1. The number of nitrogens with one attached hydrogen (secondary N) is 1. The van der Waals surface area contributed by atoms with Crippen LogP contribution in [0.2, 0.25) is 0 Å². The fourth-order valence-corrected chi connectivity index (χ4v) is 3.41. The van der Waals surface area contributed by atoms with Gasteiger partial charge in [-0.1, -0.05) is 25.1 Å². The van der Waals surface area contributed by atoms with Gasteiger partial charge in [-0.25, -0.2) is 13.1 Å². The molecule has 100 valence electrons. The molecule has 1 aliphatic rings. The average Bonchev–Trinajstić information content (AvgIpc) is 2.86. The molecule has 0 amide bonds. The van der Waals surface area contributed by atoms with Crippen molar-refractivity contribution in [3.05, 3.63) is 30.3 Å². The van der Waals surface area contributed by atoms with E-state index in [9.17, 15) is 8.42 Å². The second-order valence-electron chi connectivity index (χ2n) is 4.71. The second-order valence-corrected chi connectivity index (χ2v) is 6.48.